The molecule has 0 aliphatic rings. The summed E-state index contributed by atoms with van der Waals surface area (Å²) in [5, 5.41) is 0.273. The van der Waals surface area contributed by atoms with Gasteiger partial charge in [0.2, 0.25) is 0 Å². The molecule has 0 aromatic heterocycles. The lowest BCUT2D eigenvalue weighted by molar-refractivity contribution is 0.555. The fraction of sp³-hybridized carbons (Fsp3) is 0.500. The molecule has 0 radical (unpaired) electrons. The molecule has 0 nitrogen and oxygen atoms in total. The van der Waals surface area contributed by atoms with E-state index in [2.05, 4.69) is 0 Å². The molecule has 0 aliphatic heterocycles. The molecule has 0 amide bonds. The molecule has 0 heterocycles. The van der Waals surface area contributed by atoms with Crippen molar-refractivity contribution in [2.75, 3.05) is 6.67 Å². The molecule has 0 fully saturated rings. The van der Waals surface area contributed by atoms with E-state index in [0.717, 1.165) is 0 Å². The van der Waals surface area contributed by atoms with E-state index in [9.17, 15) is 4.39 Å². The molecule has 6 heavy (non-hydrogen) atoms. The van der Waals surface area contributed by atoms with Crippen molar-refractivity contribution in [2.45, 2.75) is 6.92 Å². The zero-order valence-electron chi connectivity index (χ0n) is 3.54. The summed E-state index contributed by atoms with van der Waals surface area (Å²) in [5.74, 6) is 0. The highest BCUT2D eigenvalue weighted by Gasteiger charge is 1.80. The van der Waals surface area contributed by atoms with Gasteiger partial charge >= 0.3 is 0 Å². The topological polar surface area (TPSA) is 0 Å². The third-order valence-electron chi connectivity index (χ3n) is 0.441. The standard InChI is InChI=1S/C4H6ClF/c1-2-4(5)3-6/h2H,3H2,1H3/b4-2+. The molecule has 0 spiro atoms. The minimum Gasteiger partial charge on any atom is -0.245 e. The van der Waals surface area contributed by atoms with Gasteiger partial charge in [-0.1, -0.05) is 17.7 Å². The Morgan fingerprint density at radius 1 is 2.00 bits per heavy atom. The molecule has 0 unspecified atom stereocenters. The van der Waals surface area contributed by atoms with Gasteiger partial charge in [0.1, 0.15) is 6.67 Å². The smallest absolute Gasteiger partial charge is 0.125 e. The van der Waals surface area contributed by atoms with Gasteiger partial charge in [0.25, 0.3) is 0 Å². The maximum atomic E-state index is 11.2. The average molecular weight is 109 g/mol. The number of alkyl halides is 1. The third kappa shape index (κ3) is 2.21. The molecule has 0 saturated carbocycles. The van der Waals surface area contributed by atoms with Crippen LogP contribution in [0.5, 0.6) is 0 Å². The lowest BCUT2D eigenvalue weighted by atomic mass is 10.6. The van der Waals surface area contributed by atoms with Crippen molar-refractivity contribution in [3.63, 3.8) is 0 Å². The van der Waals surface area contributed by atoms with E-state index >= 15 is 0 Å². The highest BCUT2D eigenvalue weighted by molar-refractivity contribution is 6.29. The number of rotatable bonds is 1. The van der Waals surface area contributed by atoms with Gasteiger partial charge in [0, 0.05) is 5.03 Å². The van der Waals surface area contributed by atoms with Gasteiger partial charge in [-0.05, 0) is 6.92 Å². The first-order chi connectivity index (χ1) is 2.81. The maximum Gasteiger partial charge on any atom is 0.125 e. The first-order valence-electron chi connectivity index (χ1n) is 1.68. The molecule has 0 N–H and O–H groups in total. The SMILES string of the molecule is C/C=C(/Cl)CF. The average Bonchev–Trinajstić information content (AvgIpc) is 1.65. The molecular weight excluding hydrogens is 102 g/mol. The number of allylic oxidation sites excluding steroid dienone is 2. The van der Waals surface area contributed by atoms with Gasteiger partial charge in [-0.15, -0.1) is 0 Å². The van der Waals surface area contributed by atoms with E-state index in [4.69, 9.17) is 11.6 Å². The van der Waals surface area contributed by atoms with Crippen LogP contribution in [0.3, 0.4) is 0 Å². The second-order valence-electron chi connectivity index (χ2n) is 0.869. The van der Waals surface area contributed by atoms with Crippen LogP contribution in [0, 0.1) is 0 Å². The summed E-state index contributed by atoms with van der Waals surface area (Å²) in [4.78, 5) is 0. The van der Waals surface area contributed by atoms with E-state index in [1.54, 1.807) is 6.92 Å². The van der Waals surface area contributed by atoms with Gasteiger partial charge in [0.15, 0.2) is 0 Å². The normalized spacial score (nSPS) is 12.2. The molecule has 0 aromatic carbocycles. The first-order valence-corrected chi connectivity index (χ1v) is 2.05. The summed E-state index contributed by atoms with van der Waals surface area (Å²) in [6.45, 7) is 1.15. The quantitative estimate of drug-likeness (QED) is 0.483. The van der Waals surface area contributed by atoms with Crippen molar-refractivity contribution in [3.8, 4) is 0 Å². The zero-order valence-corrected chi connectivity index (χ0v) is 4.30. The Labute approximate surface area is 41.6 Å². The van der Waals surface area contributed by atoms with E-state index in [1.807, 2.05) is 0 Å². The van der Waals surface area contributed by atoms with Crippen molar-refractivity contribution < 1.29 is 4.39 Å². The Hall–Kier alpha value is -0.0400. The Morgan fingerprint density at radius 3 is 2.50 bits per heavy atom. The summed E-state index contributed by atoms with van der Waals surface area (Å²) >= 11 is 5.14. The Bertz CT molecular complexity index is 58.6. The summed E-state index contributed by atoms with van der Waals surface area (Å²) < 4.78 is 11.2. The molecule has 0 bridgehead atoms. The molecule has 0 aromatic rings. The summed E-state index contributed by atoms with van der Waals surface area (Å²) in [6, 6.07) is 0. The number of hydrogen-bond donors (Lipinski definition) is 0. The van der Waals surface area contributed by atoms with Crippen LogP contribution in [0.4, 0.5) is 4.39 Å². The lowest BCUT2D eigenvalue weighted by Crippen LogP contribution is -1.67. The summed E-state index contributed by atoms with van der Waals surface area (Å²) in [6.07, 6.45) is 1.53. The van der Waals surface area contributed by atoms with Crippen molar-refractivity contribution >= 4 is 11.6 Å². The lowest BCUT2D eigenvalue weighted by Gasteiger charge is -1.78. The van der Waals surface area contributed by atoms with E-state index in [-0.39, 0.29) is 5.03 Å². The van der Waals surface area contributed by atoms with Crippen LogP contribution in [-0.2, 0) is 0 Å². The largest absolute Gasteiger partial charge is 0.245 e. The molecule has 0 saturated heterocycles. The molecule has 2 heteroatoms. The Morgan fingerprint density at radius 2 is 2.50 bits per heavy atom. The maximum absolute atomic E-state index is 11.2. The van der Waals surface area contributed by atoms with Crippen molar-refractivity contribution in [1.82, 2.24) is 0 Å². The van der Waals surface area contributed by atoms with Crippen molar-refractivity contribution in [1.29, 1.82) is 0 Å². The van der Waals surface area contributed by atoms with Gasteiger partial charge in [-0.25, -0.2) is 4.39 Å². The Balaban J connectivity index is 3.22. The summed E-state index contributed by atoms with van der Waals surface area (Å²) in [5.41, 5.74) is 0. The molecule has 0 aliphatic carbocycles. The van der Waals surface area contributed by atoms with Crippen LogP contribution in [-0.4, -0.2) is 6.67 Å². The van der Waals surface area contributed by atoms with Crippen LogP contribution in [0.2, 0.25) is 0 Å². The highest BCUT2D eigenvalue weighted by atomic mass is 35.5. The first kappa shape index (κ1) is 5.96. The van der Waals surface area contributed by atoms with Crippen LogP contribution in [0.25, 0.3) is 0 Å². The monoisotopic (exact) mass is 108 g/mol. The van der Waals surface area contributed by atoms with E-state index in [0.29, 0.717) is 0 Å². The second kappa shape index (κ2) is 3.16. The van der Waals surface area contributed by atoms with E-state index in [1.165, 1.54) is 6.08 Å². The minimum absolute atomic E-state index is 0.273. The predicted octanol–water partition coefficient (Wildman–Crippen LogP) is 2.10. The fourth-order valence-electron chi connectivity index (χ4n) is 0.0772. The molecule has 0 atom stereocenters. The number of hydrogen-bond acceptors (Lipinski definition) is 0. The van der Waals surface area contributed by atoms with E-state index < -0.39 is 6.67 Å². The van der Waals surface area contributed by atoms with Gasteiger partial charge in [0.05, 0.1) is 0 Å². The minimum atomic E-state index is -0.544. The van der Waals surface area contributed by atoms with Crippen molar-refractivity contribution in [3.05, 3.63) is 11.1 Å². The zero-order chi connectivity index (χ0) is 4.99. The predicted molar refractivity (Wildman–Crippen MR) is 25.6 cm³/mol. The fourth-order valence-corrected chi connectivity index (χ4v) is 0.0772. The van der Waals surface area contributed by atoms with Gasteiger partial charge < -0.3 is 0 Å². The highest BCUT2D eigenvalue weighted by Crippen LogP contribution is 1.98. The van der Waals surface area contributed by atoms with Crippen LogP contribution < -0.4 is 0 Å². The number of halogens is 2. The van der Waals surface area contributed by atoms with Gasteiger partial charge in [-0.2, -0.15) is 0 Å². The molecular formula is C4H6ClF. The Kier molecular flexibility index (Phi) is 3.14. The van der Waals surface area contributed by atoms with Crippen LogP contribution in [0.15, 0.2) is 11.1 Å². The van der Waals surface area contributed by atoms with Crippen LogP contribution in [0.1, 0.15) is 6.92 Å². The summed E-state index contributed by atoms with van der Waals surface area (Å²) in [7, 11) is 0. The van der Waals surface area contributed by atoms with Crippen molar-refractivity contribution in [2.24, 2.45) is 0 Å². The second-order valence-corrected chi connectivity index (χ2v) is 1.35. The molecule has 0 rings (SSSR count). The van der Waals surface area contributed by atoms with Gasteiger partial charge in [-0.3, -0.25) is 0 Å². The third-order valence-corrected chi connectivity index (χ3v) is 0.760. The van der Waals surface area contributed by atoms with Crippen LogP contribution >= 0.6 is 11.6 Å². The molecule has 36 valence electrons.